The summed E-state index contributed by atoms with van der Waals surface area (Å²) in [4.78, 5) is 12.0. The van der Waals surface area contributed by atoms with Gasteiger partial charge in [0.05, 0.1) is 6.10 Å². The highest BCUT2D eigenvalue weighted by atomic mass is 16.3. The van der Waals surface area contributed by atoms with E-state index in [0.29, 0.717) is 17.1 Å². The maximum Gasteiger partial charge on any atom is 0.257 e. The zero-order valence-corrected chi connectivity index (χ0v) is 13.3. The van der Waals surface area contributed by atoms with Crippen LogP contribution in [-0.2, 0) is 7.05 Å². The molecule has 0 saturated heterocycles. The molecular formula is C16H22N4O2. The normalized spacial score (nSPS) is 12.5. The first-order valence-electron chi connectivity index (χ1n) is 7.19. The van der Waals surface area contributed by atoms with Gasteiger partial charge in [0, 0.05) is 19.7 Å². The number of nitrogens with one attached hydrogen (secondary N) is 1. The fraction of sp³-hybridized carbons (Fsp3) is 0.375. The smallest absolute Gasteiger partial charge is 0.257 e. The molecule has 2 rings (SSSR count). The molecule has 118 valence electrons. The second-order valence-corrected chi connectivity index (χ2v) is 5.62. The van der Waals surface area contributed by atoms with Crippen molar-refractivity contribution in [3.63, 3.8) is 0 Å². The van der Waals surface area contributed by atoms with E-state index in [2.05, 4.69) is 10.4 Å². The Balaban J connectivity index is 2.45. The summed E-state index contributed by atoms with van der Waals surface area (Å²) in [6, 6.07) is 7.38. The first-order chi connectivity index (χ1) is 10.4. The molecule has 0 fully saturated rings. The van der Waals surface area contributed by atoms with E-state index in [1.165, 1.54) is 4.68 Å². The van der Waals surface area contributed by atoms with Gasteiger partial charge in [0.2, 0.25) is 0 Å². The number of aliphatic hydroxyl groups excluding tert-OH is 1. The van der Waals surface area contributed by atoms with Gasteiger partial charge >= 0.3 is 0 Å². The molecule has 0 bridgehead atoms. The van der Waals surface area contributed by atoms with E-state index in [-0.39, 0.29) is 11.8 Å². The number of hydrogen-bond donors (Lipinski definition) is 3. The van der Waals surface area contributed by atoms with E-state index < -0.39 is 6.10 Å². The summed E-state index contributed by atoms with van der Waals surface area (Å²) < 4.78 is 1.48. The molecule has 2 aromatic rings. The van der Waals surface area contributed by atoms with Gasteiger partial charge in [-0.1, -0.05) is 38.1 Å². The molecule has 1 unspecified atom stereocenters. The van der Waals surface area contributed by atoms with Crippen LogP contribution in [0.1, 0.15) is 35.9 Å². The third kappa shape index (κ3) is 2.82. The van der Waals surface area contributed by atoms with Crippen LogP contribution in [0.4, 0.5) is 5.82 Å². The fourth-order valence-corrected chi connectivity index (χ4v) is 2.31. The number of aromatic nitrogens is 2. The van der Waals surface area contributed by atoms with Gasteiger partial charge in [-0.3, -0.25) is 9.48 Å². The summed E-state index contributed by atoms with van der Waals surface area (Å²) in [5, 5.41) is 17.0. The van der Waals surface area contributed by atoms with Gasteiger partial charge in [-0.05, 0) is 11.5 Å². The number of anilines is 1. The molecule has 1 aromatic carbocycles. The maximum atomic E-state index is 12.0. The van der Waals surface area contributed by atoms with Gasteiger partial charge in [-0.25, -0.2) is 0 Å². The lowest BCUT2D eigenvalue weighted by molar-refractivity contribution is 0.0964. The standard InChI is InChI=1S/C16H22N4O2/c1-9(2)14(21)11-7-5-10(6-8-11)13-12(16(22)18-3)15(17)20(4)19-13/h5-9,14,21H,17H2,1-4H3,(H,18,22). The molecule has 1 amide bonds. The van der Waals surface area contributed by atoms with Gasteiger partial charge < -0.3 is 16.2 Å². The van der Waals surface area contributed by atoms with E-state index >= 15 is 0 Å². The van der Waals surface area contributed by atoms with Crippen molar-refractivity contribution >= 4 is 11.7 Å². The minimum atomic E-state index is -0.513. The number of nitrogen functional groups attached to an aromatic ring is 1. The molecule has 6 nitrogen and oxygen atoms in total. The Labute approximate surface area is 129 Å². The van der Waals surface area contributed by atoms with Gasteiger partial charge in [0.1, 0.15) is 17.1 Å². The number of aliphatic hydroxyl groups is 1. The second-order valence-electron chi connectivity index (χ2n) is 5.62. The van der Waals surface area contributed by atoms with E-state index in [9.17, 15) is 9.90 Å². The molecule has 0 aliphatic heterocycles. The lowest BCUT2D eigenvalue weighted by Crippen LogP contribution is -2.19. The highest BCUT2D eigenvalue weighted by Gasteiger charge is 2.21. The SMILES string of the molecule is CNC(=O)c1c(-c2ccc(C(O)C(C)C)cc2)nn(C)c1N. The molecule has 0 spiro atoms. The van der Waals surface area contributed by atoms with Crippen molar-refractivity contribution in [3.8, 4) is 11.3 Å². The molecule has 1 heterocycles. The molecule has 1 atom stereocenters. The lowest BCUT2D eigenvalue weighted by Gasteiger charge is -2.15. The minimum absolute atomic E-state index is 0.137. The number of nitrogens with zero attached hydrogens (tertiary/aromatic N) is 2. The number of amides is 1. The van der Waals surface area contributed by atoms with Crippen LogP contribution in [0.15, 0.2) is 24.3 Å². The van der Waals surface area contributed by atoms with Crippen LogP contribution in [-0.4, -0.2) is 27.8 Å². The molecule has 4 N–H and O–H groups in total. The second kappa shape index (κ2) is 6.19. The number of benzene rings is 1. The summed E-state index contributed by atoms with van der Waals surface area (Å²) >= 11 is 0. The topological polar surface area (TPSA) is 93.2 Å². The van der Waals surface area contributed by atoms with Crippen LogP contribution >= 0.6 is 0 Å². The van der Waals surface area contributed by atoms with Crippen molar-refractivity contribution in [3.05, 3.63) is 35.4 Å². The Morgan fingerprint density at radius 1 is 1.32 bits per heavy atom. The summed E-state index contributed by atoms with van der Waals surface area (Å²) in [5.74, 6) is 0.185. The van der Waals surface area contributed by atoms with Crippen LogP contribution in [0, 0.1) is 5.92 Å². The number of nitrogens with two attached hydrogens (primary N) is 1. The highest BCUT2D eigenvalue weighted by Crippen LogP contribution is 2.29. The summed E-state index contributed by atoms with van der Waals surface area (Å²) in [5.41, 5.74) is 8.45. The van der Waals surface area contributed by atoms with Gasteiger partial charge in [0.15, 0.2) is 0 Å². The zero-order chi connectivity index (χ0) is 16.4. The summed E-state index contributed by atoms with van der Waals surface area (Å²) in [7, 11) is 3.25. The van der Waals surface area contributed by atoms with Gasteiger partial charge in [0.25, 0.3) is 5.91 Å². The quantitative estimate of drug-likeness (QED) is 0.801. The Bertz CT molecular complexity index is 674. The zero-order valence-electron chi connectivity index (χ0n) is 13.3. The molecule has 0 aliphatic rings. The van der Waals surface area contributed by atoms with Crippen molar-refractivity contribution in [2.24, 2.45) is 13.0 Å². The third-order valence-corrected chi connectivity index (χ3v) is 3.70. The van der Waals surface area contributed by atoms with Crippen molar-refractivity contribution in [1.29, 1.82) is 0 Å². The first-order valence-corrected chi connectivity index (χ1v) is 7.19. The molecule has 6 heteroatoms. The maximum absolute atomic E-state index is 12.0. The van der Waals surface area contributed by atoms with Crippen molar-refractivity contribution in [2.75, 3.05) is 12.8 Å². The highest BCUT2D eigenvalue weighted by molar-refractivity contribution is 6.04. The molecule has 0 saturated carbocycles. The molecule has 22 heavy (non-hydrogen) atoms. The lowest BCUT2D eigenvalue weighted by atomic mass is 9.97. The van der Waals surface area contributed by atoms with Crippen LogP contribution in [0.25, 0.3) is 11.3 Å². The van der Waals surface area contributed by atoms with E-state index in [0.717, 1.165) is 11.1 Å². The Hall–Kier alpha value is -2.34. The van der Waals surface area contributed by atoms with Gasteiger partial charge in [-0.15, -0.1) is 0 Å². The Morgan fingerprint density at radius 3 is 2.41 bits per heavy atom. The average molecular weight is 302 g/mol. The molecule has 1 aromatic heterocycles. The Morgan fingerprint density at radius 2 is 1.91 bits per heavy atom. The van der Waals surface area contributed by atoms with Crippen LogP contribution in [0.2, 0.25) is 0 Å². The Kier molecular flexibility index (Phi) is 4.51. The molecular weight excluding hydrogens is 280 g/mol. The summed E-state index contributed by atoms with van der Waals surface area (Å²) in [6.07, 6.45) is -0.513. The van der Waals surface area contributed by atoms with Crippen LogP contribution < -0.4 is 11.1 Å². The molecule has 0 aliphatic carbocycles. The number of carbonyl (C=O) groups excluding carboxylic acids is 1. The number of carbonyl (C=O) groups is 1. The predicted molar refractivity (Wildman–Crippen MR) is 86.2 cm³/mol. The van der Waals surface area contributed by atoms with E-state index in [1.807, 2.05) is 38.1 Å². The third-order valence-electron chi connectivity index (χ3n) is 3.70. The number of rotatable bonds is 4. The number of hydrogen-bond acceptors (Lipinski definition) is 4. The largest absolute Gasteiger partial charge is 0.388 e. The van der Waals surface area contributed by atoms with Crippen molar-refractivity contribution in [2.45, 2.75) is 20.0 Å². The van der Waals surface area contributed by atoms with Crippen LogP contribution in [0.5, 0.6) is 0 Å². The van der Waals surface area contributed by atoms with Crippen molar-refractivity contribution < 1.29 is 9.90 Å². The van der Waals surface area contributed by atoms with Gasteiger partial charge in [-0.2, -0.15) is 5.10 Å². The summed E-state index contributed by atoms with van der Waals surface area (Å²) in [6.45, 7) is 3.92. The number of aryl methyl sites for hydroxylation is 1. The predicted octanol–water partition coefficient (Wildman–Crippen LogP) is 1.72. The minimum Gasteiger partial charge on any atom is -0.388 e. The van der Waals surface area contributed by atoms with E-state index in [1.54, 1.807) is 14.1 Å². The average Bonchev–Trinajstić information content (AvgIpc) is 2.81. The van der Waals surface area contributed by atoms with Crippen LogP contribution in [0.3, 0.4) is 0 Å². The monoisotopic (exact) mass is 302 g/mol. The first kappa shape index (κ1) is 16.0. The van der Waals surface area contributed by atoms with Crippen molar-refractivity contribution in [1.82, 2.24) is 15.1 Å². The fourth-order valence-electron chi connectivity index (χ4n) is 2.31. The van der Waals surface area contributed by atoms with E-state index in [4.69, 9.17) is 5.73 Å². The molecule has 0 radical (unpaired) electrons.